The van der Waals surface area contributed by atoms with E-state index in [1.807, 2.05) is 42.8 Å². The zero-order chi connectivity index (χ0) is 11.8. The van der Waals surface area contributed by atoms with Gasteiger partial charge in [0.2, 0.25) is 5.82 Å². The third-order valence-corrected chi connectivity index (χ3v) is 3.54. The summed E-state index contributed by atoms with van der Waals surface area (Å²) < 4.78 is 1.73. The van der Waals surface area contributed by atoms with Crippen LogP contribution in [0.15, 0.2) is 41.0 Å². The maximum absolute atomic E-state index is 11.0. The lowest BCUT2D eigenvalue weighted by molar-refractivity contribution is 1.14. The monoisotopic (exact) mass is 243 g/mol. The van der Waals surface area contributed by atoms with E-state index in [9.17, 15) is 4.91 Å². The van der Waals surface area contributed by atoms with Gasteiger partial charge in [0, 0.05) is 6.20 Å². The molecule has 3 aromatic rings. The smallest absolute Gasteiger partial charge is 0.210 e. The van der Waals surface area contributed by atoms with Crippen molar-refractivity contribution < 1.29 is 0 Å². The molecule has 5 heteroatoms. The van der Waals surface area contributed by atoms with Gasteiger partial charge in [0.1, 0.15) is 11.3 Å². The Morgan fingerprint density at radius 2 is 2.24 bits per heavy atom. The van der Waals surface area contributed by atoms with Crippen molar-refractivity contribution in [3.63, 3.8) is 0 Å². The van der Waals surface area contributed by atoms with Gasteiger partial charge < -0.3 is 0 Å². The Morgan fingerprint density at radius 3 is 2.94 bits per heavy atom. The summed E-state index contributed by atoms with van der Waals surface area (Å²) in [7, 11) is 0. The van der Waals surface area contributed by atoms with Crippen molar-refractivity contribution in [3.05, 3.63) is 46.3 Å². The lowest BCUT2D eigenvalue weighted by Crippen LogP contribution is -1.85. The number of imidazole rings is 1. The molecular weight excluding hydrogens is 234 g/mol. The van der Waals surface area contributed by atoms with Gasteiger partial charge in [0.05, 0.1) is 4.88 Å². The Labute approximate surface area is 102 Å². The van der Waals surface area contributed by atoms with E-state index in [2.05, 4.69) is 10.2 Å². The number of rotatable bonds is 2. The summed E-state index contributed by atoms with van der Waals surface area (Å²) in [6.45, 7) is 1.97. The summed E-state index contributed by atoms with van der Waals surface area (Å²) in [6.07, 6.45) is 1.81. The van der Waals surface area contributed by atoms with Crippen LogP contribution in [0.1, 0.15) is 5.56 Å². The van der Waals surface area contributed by atoms with Crippen molar-refractivity contribution >= 4 is 22.8 Å². The molecule has 0 radical (unpaired) electrons. The molecular formula is C12H9N3OS. The fourth-order valence-corrected chi connectivity index (χ4v) is 2.57. The maximum atomic E-state index is 11.0. The van der Waals surface area contributed by atoms with Crippen molar-refractivity contribution in [3.8, 4) is 10.6 Å². The topological polar surface area (TPSA) is 46.7 Å². The SMILES string of the molecule is Cc1cccn2c(N=O)c(-c3cccs3)nc12. The minimum Gasteiger partial charge on any atom is -0.281 e. The molecule has 0 aliphatic heterocycles. The number of aromatic nitrogens is 2. The molecule has 0 N–H and O–H groups in total. The highest BCUT2D eigenvalue weighted by atomic mass is 32.1. The molecule has 0 bridgehead atoms. The van der Waals surface area contributed by atoms with Gasteiger partial charge in [0.25, 0.3) is 0 Å². The van der Waals surface area contributed by atoms with Crippen LogP contribution in [0.4, 0.5) is 5.82 Å². The van der Waals surface area contributed by atoms with Crippen LogP contribution in [-0.4, -0.2) is 9.38 Å². The number of hydrogen-bond donors (Lipinski definition) is 0. The number of aryl methyl sites for hydroxylation is 1. The van der Waals surface area contributed by atoms with Gasteiger partial charge >= 0.3 is 0 Å². The molecule has 0 saturated heterocycles. The van der Waals surface area contributed by atoms with E-state index < -0.39 is 0 Å². The second-order valence-corrected chi connectivity index (χ2v) is 4.69. The Morgan fingerprint density at radius 1 is 1.35 bits per heavy atom. The number of thiophene rings is 1. The zero-order valence-corrected chi connectivity index (χ0v) is 9.94. The number of nitroso groups, excluding NO2 is 1. The first kappa shape index (κ1) is 10.2. The van der Waals surface area contributed by atoms with Gasteiger partial charge in [-0.15, -0.1) is 16.2 Å². The molecule has 17 heavy (non-hydrogen) atoms. The van der Waals surface area contributed by atoms with Crippen molar-refractivity contribution in [1.29, 1.82) is 0 Å². The standard InChI is InChI=1S/C12H9N3OS/c1-8-4-2-6-15-11(8)13-10(12(15)14-16)9-5-3-7-17-9/h2-7H,1H3. The van der Waals surface area contributed by atoms with Gasteiger partial charge in [-0.3, -0.25) is 4.40 Å². The van der Waals surface area contributed by atoms with Crippen molar-refractivity contribution in [1.82, 2.24) is 9.38 Å². The van der Waals surface area contributed by atoms with Gasteiger partial charge in [-0.2, -0.15) is 0 Å². The fourth-order valence-electron chi connectivity index (χ4n) is 1.86. The van der Waals surface area contributed by atoms with E-state index in [1.165, 1.54) is 0 Å². The maximum Gasteiger partial charge on any atom is 0.210 e. The van der Waals surface area contributed by atoms with Crippen LogP contribution in [-0.2, 0) is 0 Å². The Balaban J connectivity index is 2.40. The Kier molecular flexibility index (Phi) is 2.26. The molecule has 0 fully saturated rings. The normalized spacial score (nSPS) is 10.9. The van der Waals surface area contributed by atoms with Crippen molar-refractivity contribution in [2.75, 3.05) is 0 Å². The molecule has 0 atom stereocenters. The average Bonchev–Trinajstić information content (AvgIpc) is 2.95. The highest BCUT2D eigenvalue weighted by Crippen LogP contribution is 2.34. The molecule has 0 aliphatic carbocycles. The molecule has 4 nitrogen and oxygen atoms in total. The fraction of sp³-hybridized carbons (Fsp3) is 0.0833. The highest BCUT2D eigenvalue weighted by Gasteiger charge is 2.16. The van der Waals surface area contributed by atoms with Gasteiger partial charge in [0.15, 0.2) is 0 Å². The van der Waals surface area contributed by atoms with Crippen LogP contribution in [0.5, 0.6) is 0 Å². The third-order valence-electron chi connectivity index (χ3n) is 2.66. The third kappa shape index (κ3) is 1.47. The molecule has 0 aliphatic rings. The zero-order valence-electron chi connectivity index (χ0n) is 9.12. The number of hydrogen-bond acceptors (Lipinski definition) is 4. The first-order valence-corrected chi connectivity index (χ1v) is 6.04. The average molecular weight is 243 g/mol. The van der Waals surface area contributed by atoms with Crippen LogP contribution in [0, 0.1) is 11.8 Å². The van der Waals surface area contributed by atoms with Gasteiger partial charge in [-0.25, -0.2) is 4.98 Å². The number of nitrogens with zero attached hydrogens (tertiary/aromatic N) is 3. The molecule has 0 aromatic carbocycles. The lowest BCUT2D eigenvalue weighted by atomic mass is 10.3. The molecule has 84 valence electrons. The van der Waals surface area contributed by atoms with E-state index in [0.717, 1.165) is 16.1 Å². The quantitative estimate of drug-likeness (QED) is 0.643. The van der Waals surface area contributed by atoms with E-state index in [4.69, 9.17) is 0 Å². The van der Waals surface area contributed by atoms with E-state index in [0.29, 0.717) is 11.5 Å². The highest BCUT2D eigenvalue weighted by molar-refractivity contribution is 7.13. The predicted octanol–water partition coefficient (Wildman–Crippen LogP) is 3.77. The molecule has 0 amide bonds. The van der Waals surface area contributed by atoms with Crippen LogP contribution in [0.25, 0.3) is 16.2 Å². The molecule has 3 heterocycles. The van der Waals surface area contributed by atoms with Crippen molar-refractivity contribution in [2.24, 2.45) is 5.18 Å². The van der Waals surface area contributed by atoms with Crippen molar-refractivity contribution in [2.45, 2.75) is 6.92 Å². The van der Waals surface area contributed by atoms with Crippen LogP contribution in [0.3, 0.4) is 0 Å². The van der Waals surface area contributed by atoms with Gasteiger partial charge in [-0.05, 0) is 35.2 Å². The molecule has 3 aromatic heterocycles. The first-order chi connectivity index (χ1) is 8.31. The van der Waals surface area contributed by atoms with E-state index in [1.54, 1.807) is 15.7 Å². The number of pyridine rings is 1. The molecule has 0 spiro atoms. The Hall–Kier alpha value is -2.01. The summed E-state index contributed by atoms with van der Waals surface area (Å²) in [5, 5.41) is 5.07. The van der Waals surface area contributed by atoms with E-state index >= 15 is 0 Å². The number of fused-ring (bicyclic) bond motifs is 1. The molecule has 3 rings (SSSR count). The Bertz CT molecular complexity index is 685. The van der Waals surface area contributed by atoms with Gasteiger partial charge in [-0.1, -0.05) is 12.1 Å². The van der Waals surface area contributed by atoms with Crippen LogP contribution < -0.4 is 0 Å². The summed E-state index contributed by atoms with van der Waals surface area (Å²) in [5.74, 6) is 0.367. The second-order valence-electron chi connectivity index (χ2n) is 3.74. The summed E-state index contributed by atoms with van der Waals surface area (Å²) >= 11 is 1.55. The minimum absolute atomic E-state index is 0.367. The van der Waals surface area contributed by atoms with Crippen LogP contribution >= 0.6 is 11.3 Å². The summed E-state index contributed by atoms with van der Waals surface area (Å²) in [5.41, 5.74) is 2.47. The minimum atomic E-state index is 0.367. The largest absolute Gasteiger partial charge is 0.281 e. The lowest BCUT2D eigenvalue weighted by Gasteiger charge is -1.96. The summed E-state index contributed by atoms with van der Waals surface area (Å²) in [4.78, 5) is 16.5. The molecule has 0 saturated carbocycles. The predicted molar refractivity (Wildman–Crippen MR) is 68.7 cm³/mol. The van der Waals surface area contributed by atoms with E-state index in [-0.39, 0.29) is 0 Å². The second kappa shape index (κ2) is 3.78. The summed E-state index contributed by atoms with van der Waals surface area (Å²) in [6, 6.07) is 7.73. The van der Waals surface area contributed by atoms with Crippen LogP contribution in [0.2, 0.25) is 0 Å². The first-order valence-electron chi connectivity index (χ1n) is 5.16. The molecule has 0 unspecified atom stereocenters.